The number of benzene rings is 2. The van der Waals surface area contributed by atoms with Crippen molar-refractivity contribution in [2.24, 2.45) is 0 Å². The minimum Gasteiger partial charge on any atom is -0.453 e. The van der Waals surface area contributed by atoms with Crippen LogP contribution < -0.4 is 9.64 Å². The summed E-state index contributed by atoms with van der Waals surface area (Å²) in [7, 11) is 0. The van der Waals surface area contributed by atoms with Gasteiger partial charge in [0.25, 0.3) is 0 Å². The highest BCUT2D eigenvalue weighted by Gasteiger charge is 2.33. The molecule has 1 N–H and O–H groups in total. The molecule has 2 aliphatic rings. The smallest absolute Gasteiger partial charge is 0.416 e. The summed E-state index contributed by atoms with van der Waals surface area (Å²) in [4.78, 5) is 6.54. The number of aliphatic hydroxyl groups excluding tert-OH is 1. The van der Waals surface area contributed by atoms with Crippen LogP contribution in [-0.2, 0) is 6.18 Å². The predicted molar refractivity (Wildman–Crippen MR) is 110 cm³/mol. The second-order valence-electron chi connectivity index (χ2n) is 7.66. The molecule has 162 valence electrons. The molecule has 8 heteroatoms. The van der Waals surface area contributed by atoms with Gasteiger partial charge < -0.3 is 19.6 Å². The largest absolute Gasteiger partial charge is 0.453 e. The van der Waals surface area contributed by atoms with Gasteiger partial charge >= 0.3 is 6.18 Å². The molecule has 0 spiro atoms. The molecule has 2 heterocycles. The first-order chi connectivity index (χ1) is 14.5. The molecule has 5 nitrogen and oxygen atoms in total. The molecule has 0 aliphatic carbocycles. The molecular weight excluding hydrogens is 395 g/mol. The van der Waals surface area contributed by atoms with Crippen molar-refractivity contribution in [1.29, 1.82) is 0 Å². The normalized spacial score (nSPS) is 17.4. The minimum absolute atomic E-state index is 0.176. The van der Waals surface area contributed by atoms with E-state index >= 15 is 0 Å². The quantitative estimate of drug-likeness (QED) is 0.765. The summed E-state index contributed by atoms with van der Waals surface area (Å²) in [5, 5.41) is 9.06. The Morgan fingerprint density at radius 1 is 0.833 bits per heavy atom. The van der Waals surface area contributed by atoms with E-state index in [1.54, 1.807) is 0 Å². The van der Waals surface area contributed by atoms with Crippen LogP contribution in [0.4, 0.5) is 24.5 Å². The van der Waals surface area contributed by atoms with Gasteiger partial charge in [-0.3, -0.25) is 4.90 Å². The van der Waals surface area contributed by atoms with E-state index in [1.807, 2.05) is 29.2 Å². The molecule has 2 aromatic carbocycles. The lowest BCUT2D eigenvalue weighted by molar-refractivity contribution is -0.137. The minimum atomic E-state index is -4.40. The van der Waals surface area contributed by atoms with Crippen molar-refractivity contribution >= 4 is 11.4 Å². The van der Waals surface area contributed by atoms with Crippen LogP contribution >= 0.6 is 0 Å². The van der Waals surface area contributed by atoms with Gasteiger partial charge in [0.2, 0.25) is 0 Å². The molecule has 1 fully saturated rings. The number of piperazine rings is 1. The van der Waals surface area contributed by atoms with Gasteiger partial charge in [-0.15, -0.1) is 0 Å². The molecule has 0 unspecified atom stereocenters. The first kappa shape index (κ1) is 21.0. The number of nitrogens with zero attached hydrogens (tertiary/aromatic N) is 3. The van der Waals surface area contributed by atoms with E-state index in [-0.39, 0.29) is 6.61 Å². The van der Waals surface area contributed by atoms with Crippen LogP contribution in [0.1, 0.15) is 12.0 Å². The van der Waals surface area contributed by atoms with Crippen LogP contribution in [0.3, 0.4) is 0 Å². The maximum Gasteiger partial charge on any atom is 0.416 e. The fourth-order valence-electron chi connectivity index (χ4n) is 4.08. The van der Waals surface area contributed by atoms with Crippen molar-refractivity contribution in [2.75, 3.05) is 57.3 Å². The van der Waals surface area contributed by atoms with Crippen LogP contribution in [0.15, 0.2) is 42.5 Å². The third-order valence-corrected chi connectivity index (χ3v) is 5.69. The van der Waals surface area contributed by atoms with Crippen LogP contribution in [-0.4, -0.2) is 67.3 Å². The molecule has 30 heavy (non-hydrogen) atoms. The van der Waals surface area contributed by atoms with E-state index in [0.717, 1.165) is 50.9 Å². The monoisotopic (exact) mass is 421 g/mol. The van der Waals surface area contributed by atoms with Gasteiger partial charge in [-0.05, 0) is 43.3 Å². The van der Waals surface area contributed by atoms with Crippen molar-refractivity contribution in [1.82, 2.24) is 9.80 Å². The topological polar surface area (TPSA) is 39.2 Å². The Morgan fingerprint density at radius 3 is 2.20 bits per heavy atom. The number of rotatable bonds is 6. The van der Waals surface area contributed by atoms with E-state index in [0.29, 0.717) is 30.3 Å². The van der Waals surface area contributed by atoms with Crippen molar-refractivity contribution in [2.45, 2.75) is 12.6 Å². The molecule has 1 saturated heterocycles. The lowest BCUT2D eigenvalue weighted by Crippen LogP contribution is -2.47. The molecule has 0 radical (unpaired) electrons. The molecule has 0 amide bonds. The summed E-state index contributed by atoms with van der Waals surface area (Å²) in [6, 6.07) is 11.1. The number of β-amino-alcohol motifs (C(OH)–C–C–N with tert-alkyl or cyclic N) is 1. The van der Waals surface area contributed by atoms with E-state index in [1.165, 1.54) is 12.1 Å². The third-order valence-electron chi connectivity index (χ3n) is 5.69. The highest BCUT2D eigenvalue weighted by molar-refractivity contribution is 5.78. The van der Waals surface area contributed by atoms with E-state index in [9.17, 15) is 13.2 Å². The Labute approximate surface area is 174 Å². The Kier molecular flexibility index (Phi) is 6.17. The molecule has 0 bridgehead atoms. The molecule has 4 rings (SSSR count). The predicted octanol–water partition coefficient (Wildman–Crippen LogP) is 3.95. The van der Waals surface area contributed by atoms with Crippen molar-refractivity contribution in [3.05, 3.63) is 48.0 Å². The first-order valence-electron chi connectivity index (χ1n) is 10.3. The second kappa shape index (κ2) is 8.83. The van der Waals surface area contributed by atoms with Gasteiger partial charge in [-0.25, -0.2) is 0 Å². The number of aliphatic hydroxyl groups is 1. The molecule has 0 aromatic heterocycles. The van der Waals surface area contributed by atoms with Crippen LogP contribution in [0.25, 0.3) is 0 Å². The summed E-state index contributed by atoms with van der Waals surface area (Å²) in [5.41, 5.74) is 0.572. The van der Waals surface area contributed by atoms with Crippen molar-refractivity contribution in [3.8, 4) is 11.5 Å². The molecule has 0 atom stereocenters. The molecule has 0 saturated carbocycles. The van der Waals surface area contributed by atoms with Gasteiger partial charge in [0.15, 0.2) is 11.5 Å². The maximum absolute atomic E-state index is 13.3. The summed E-state index contributed by atoms with van der Waals surface area (Å²) in [5.74, 6) is 1.10. The average molecular weight is 421 g/mol. The zero-order chi connectivity index (χ0) is 21.1. The van der Waals surface area contributed by atoms with Gasteiger partial charge in [-0.1, -0.05) is 12.1 Å². The lowest BCUT2D eigenvalue weighted by atomic mass is 10.1. The van der Waals surface area contributed by atoms with E-state index in [2.05, 4.69) is 9.80 Å². The van der Waals surface area contributed by atoms with Crippen molar-refractivity contribution < 1.29 is 23.0 Å². The summed E-state index contributed by atoms with van der Waals surface area (Å²) < 4.78 is 45.7. The third kappa shape index (κ3) is 4.55. The standard InChI is InChI=1S/C22H26F3N3O2/c23-22(24,25)17-6-7-21-19(16-17)28(18-4-1-2-5-20(18)30-21)9-3-8-26-10-12-27(13-11-26)14-15-29/h1-2,4-7,16,29H,3,8-15H2. The van der Waals surface area contributed by atoms with Gasteiger partial charge in [0.1, 0.15) is 0 Å². The SMILES string of the molecule is OCCN1CCN(CCCN2c3ccccc3Oc3ccc(C(F)(F)F)cc32)CC1. The Balaban J connectivity index is 1.47. The first-order valence-corrected chi connectivity index (χ1v) is 10.3. The zero-order valence-electron chi connectivity index (χ0n) is 16.7. The second-order valence-corrected chi connectivity index (χ2v) is 7.66. The number of halogens is 3. The summed E-state index contributed by atoms with van der Waals surface area (Å²) in [6.07, 6.45) is -3.57. The average Bonchev–Trinajstić information content (AvgIpc) is 2.73. The van der Waals surface area contributed by atoms with Crippen LogP contribution in [0, 0.1) is 0 Å². The Morgan fingerprint density at radius 2 is 1.50 bits per heavy atom. The fraction of sp³-hybridized carbons (Fsp3) is 0.455. The van der Waals surface area contributed by atoms with E-state index in [4.69, 9.17) is 9.84 Å². The number of ether oxygens (including phenoxy) is 1. The van der Waals surface area contributed by atoms with Crippen molar-refractivity contribution in [3.63, 3.8) is 0 Å². The Bertz CT molecular complexity index is 867. The van der Waals surface area contributed by atoms with Gasteiger partial charge in [0.05, 0.1) is 23.5 Å². The molecule has 2 aromatic rings. The van der Waals surface area contributed by atoms with Gasteiger partial charge in [-0.2, -0.15) is 13.2 Å². The summed E-state index contributed by atoms with van der Waals surface area (Å²) >= 11 is 0. The summed E-state index contributed by atoms with van der Waals surface area (Å²) in [6.45, 7) is 6.10. The number of hydrogen-bond donors (Lipinski definition) is 1. The highest BCUT2D eigenvalue weighted by atomic mass is 19.4. The van der Waals surface area contributed by atoms with Gasteiger partial charge in [0, 0.05) is 39.3 Å². The number of fused-ring (bicyclic) bond motifs is 2. The number of hydrogen-bond acceptors (Lipinski definition) is 5. The Hall–Kier alpha value is -2.29. The van der Waals surface area contributed by atoms with Crippen LogP contribution in [0.5, 0.6) is 11.5 Å². The number of anilines is 2. The number of para-hydroxylation sites is 2. The highest BCUT2D eigenvalue weighted by Crippen LogP contribution is 2.48. The molecule has 2 aliphatic heterocycles. The molecular formula is C22H26F3N3O2. The lowest BCUT2D eigenvalue weighted by Gasteiger charge is -2.36. The van der Waals surface area contributed by atoms with E-state index < -0.39 is 11.7 Å². The maximum atomic E-state index is 13.3. The van der Waals surface area contributed by atoms with Crippen LogP contribution in [0.2, 0.25) is 0 Å². The fourth-order valence-corrected chi connectivity index (χ4v) is 4.08. The zero-order valence-corrected chi connectivity index (χ0v) is 16.7. The number of alkyl halides is 3.